The molecular weight excluding hydrogens is 272 g/mol. The Morgan fingerprint density at radius 3 is 2.50 bits per heavy atom. The van der Waals surface area contributed by atoms with Crippen LogP contribution in [0.1, 0.15) is 30.1 Å². The smallest absolute Gasteiger partial charge is 0.253 e. The van der Waals surface area contributed by atoms with Gasteiger partial charge in [0.1, 0.15) is 0 Å². The highest BCUT2D eigenvalue weighted by atomic mass is 16.2. The first-order valence-electron chi connectivity index (χ1n) is 8.17. The lowest BCUT2D eigenvalue weighted by Gasteiger charge is -2.36. The molecule has 1 aliphatic heterocycles. The lowest BCUT2D eigenvalue weighted by atomic mass is 10.0. The summed E-state index contributed by atoms with van der Waals surface area (Å²) >= 11 is 0. The minimum Gasteiger partial charge on any atom is -0.339 e. The van der Waals surface area contributed by atoms with Gasteiger partial charge in [0.25, 0.3) is 5.91 Å². The van der Waals surface area contributed by atoms with E-state index in [1.165, 1.54) is 5.39 Å². The third kappa shape index (κ3) is 3.00. The number of carbonyl (C=O) groups is 1. The van der Waals surface area contributed by atoms with E-state index in [9.17, 15) is 4.79 Å². The molecule has 2 aromatic carbocycles. The largest absolute Gasteiger partial charge is 0.339 e. The number of benzene rings is 2. The zero-order valence-corrected chi connectivity index (χ0v) is 13.5. The molecule has 1 fully saturated rings. The van der Waals surface area contributed by atoms with Crippen LogP contribution in [-0.4, -0.2) is 48.4 Å². The maximum Gasteiger partial charge on any atom is 0.253 e. The van der Waals surface area contributed by atoms with Gasteiger partial charge in [0.15, 0.2) is 0 Å². The number of rotatable bonds is 3. The van der Waals surface area contributed by atoms with E-state index in [1.807, 2.05) is 42.3 Å². The summed E-state index contributed by atoms with van der Waals surface area (Å²) in [5, 5.41) is 2.31. The number of hydrogen-bond donors (Lipinski definition) is 0. The predicted octanol–water partition coefficient (Wildman–Crippen LogP) is 3.40. The van der Waals surface area contributed by atoms with E-state index in [0.29, 0.717) is 6.04 Å². The first kappa shape index (κ1) is 15.0. The van der Waals surface area contributed by atoms with Crippen molar-refractivity contribution >= 4 is 16.7 Å². The number of nitrogens with zero attached hydrogens (tertiary/aromatic N) is 2. The van der Waals surface area contributed by atoms with Crippen LogP contribution in [-0.2, 0) is 0 Å². The third-order valence-electron chi connectivity index (χ3n) is 4.87. The van der Waals surface area contributed by atoms with Gasteiger partial charge in [-0.15, -0.1) is 0 Å². The van der Waals surface area contributed by atoms with Crippen LogP contribution in [0.25, 0.3) is 10.8 Å². The second kappa shape index (κ2) is 6.49. The second-order valence-electron chi connectivity index (χ2n) is 6.14. The van der Waals surface area contributed by atoms with Crippen LogP contribution in [0.15, 0.2) is 42.5 Å². The quantitative estimate of drug-likeness (QED) is 0.866. The van der Waals surface area contributed by atoms with E-state index in [4.69, 9.17) is 0 Å². The molecule has 2 aromatic rings. The van der Waals surface area contributed by atoms with E-state index in [1.54, 1.807) is 0 Å². The standard InChI is InChI=1S/C19H24N2O/c1-3-21-12-10-18(11-13-21)20(2)19(22)17-9-8-15-6-4-5-7-16(15)14-17/h4-9,14,18H,3,10-13H2,1-2H3. The molecule has 0 spiro atoms. The fraction of sp³-hybridized carbons (Fsp3) is 0.421. The molecule has 0 bridgehead atoms. The summed E-state index contributed by atoms with van der Waals surface area (Å²) in [5.41, 5.74) is 0.791. The average molecular weight is 296 g/mol. The second-order valence-corrected chi connectivity index (χ2v) is 6.14. The zero-order valence-electron chi connectivity index (χ0n) is 13.5. The lowest BCUT2D eigenvalue weighted by Crippen LogP contribution is -2.45. The van der Waals surface area contributed by atoms with Crippen LogP contribution in [0, 0.1) is 0 Å². The van der Waals surface area contributed by atoms with Crippen molar-refractivity contribution in [2.45, 2.75) is 25.8 Å². The highest BCUT2D eigenvalue weighted by Crippen LogP contribution is 2.20. The molecule has 3 heteroatoms. The molecule has 0 aromatic heterocycles. The molecule has 3 rings (SSSR count). The molecule has 0 atom stereocenters. The number of carbonyl (C=O) groups excluding carboxylic acids is 1. The van der Waals surface area contributed by atoms with Crippen molar-refractivity contribution in [1.29, 1.82) is 0 Å². The number of piperidine rings is 1. The van der Waals surface area contributed by atoms with Crippen LogP contribution >= 0.6 is 0 Å². The van der Waals surface area contributed by atoms with Crippen LogP contribution in [0.3, 0.4) is 0 Å². The van der Waals surface area contributed by atoms with Crippen molar-refractivity contribution in [2.75, 3.05) is 26.7 Å². The van der Waals surface area contributed by atoms with E-state index >= 15 is 0 Å². The van der Waals surface area contributed by atoms with E-state index in [2.05, 4.69) is 24.0 Å². The zero-order chi connectivity index (χ0) is 15.5. The van der Waals surface area contributed by atoms with Crippen molar-refractivity contribution < 1.29 is 4.79 Å². The van der Waals surface area contributed by atoms with Gasteiger partial charge >= 0.3 is 0 Å². The molecule has 1 aliphatic rings. The Morgan fingerprint density at radius 2 is 1.82 bits per heavy atom. The topological polar surface area (TPSA) is 23.6 Å². The fourth-order valence-corrected chi connectivity index (χ4v) is 3.31. The molecule has 3 nitrogen and oxygen atoms in total. The van der Waals surface area contributed by atoms with Crippen LogP contribution in [0.2, 0.25) is 0 Å². The van der Waals surface area contributed by atoms with Gasteiger partial charge in [-0.25, -0.2) is 0 Å². The minimum absolute atomic E-state index is 0.140. The molecule has 1 heterocycles. The van der Waals surface area contributed by atoms with Gasteiger partial charge in [0.2, 0.25) is 0 Å². The van der Waals surface area contributed by atoms with E-state index < -0.39 is 0 Å². The number of likely N-dealkylation sites (tertiary alicyclic amines) is 1. The Kier molecular flexibility index (Phi) is 4.44. The van der Waals surface area contributed by atoms with Gasteiger partial charge in [0.05, 0.1) is 0 Å². The first-order valence-corrected chi connectivity index (χ1v) is 8.17. The molecule has 116 valence electrons. The molecule has 0 unspecified atom stereocenters. The third-order valence-corrected chi connectivity index (χ3v) is 4.87. The van der Waals surface area contributed by atoms with Crippen molar-refractivity contribution in [3.8, 4) is 0 Å². The number of fused-ring (bicyclic) bond motifs is 1. The summed E-state index contributed by atoms with van der Waals surface area (Å²) in [5.74, 6) is 0.140. The summed E-state index contributed by atoms with van der Waals surface area (Å²) < 4.78 is 0. The van der Waals surface area contributed by atoms with Gasteiger partial charge < -0.3 is 9.80 Å². The molecule has 0 saturated carbocycles. The summed E-state index contributed by atoms with van der Waals surface area (Å²) in [6.45, 7) is 5.49. The predicted molar refractivity (Wildman–Crippen MR) is 91.2 cm³/mol. The fourth-order valence-electron chi connectivity index (χ4n) is 3.31. The summed E-state index contributed by atoms with van der Waals surface area (Å²) in [7, 11) is 1.95. The maximum atomic E-state index is 12.8. The molecule has 0 radical (unpaired) electrons. The highest BCUT2D eigenvalue weighted by Gasteiger charge is 2.25. The van der Waals surface area contributed by atoms with Gasteiger partial charge in [0, 0.05) is 31.7 Å². The average Bonchev–Trinajstić information content (AvgIpc) is 2.60. The number of amides is 1. The molecule has 0 N–H and O–H groups in total. The van der Waals surface area contributed by atoms with Crippen LogP contribution in [0.5, 0.6) is 0 Å². The molecular formula is C19H24N2O. The van der Waals surface area contributed by atoms with Crippen LogP contribution < -0.4 is 0 Å². The Balaban J connectivity index is 1.74. The summed E-state index contributed by atoms with van der Waals surface area (Å²) in [6.07, 6.45) is 2.15. The molecule has 22 heavy (non-hydrogen) atoms. The summed E-state index contributed by atoms with van der Waals surface area (Å²) in [6, 6.07) is 14.5. The molecule has 1 saturated heterocycles. The SMILES string of the molecule is CCN1CCC(N(C)C(=O)c2ccc3ccccc3c2)CC1. The summed E-state index contributed by atoms with van der Waals surface area (Å²) in [4.78, 5) is 17.1. The Bertz CT molecular complexity index is 659. The molecule has 1 amide bonds. The monoisotopic (exact) mass is 296 g/mol. The van der Waals surface area contributed by atoms with E-state index in [0.717, 1.165) is 43.4 Å². The van der Waals surface area contributed by atoms with Crippen molar-refractivity contribution in [1.82, 2.24) is 9.80 Å². The molecule has 0 aliphatic carbocycles. The Morgan fingerprint density at radius 1 is 1.14 bits per heavy atom. The highest BCUT2D eigenvalue weighted by molar-refractivity contribution is 5.98. The first-order chi connectivity index (χ1) is 10.7. The van der Waals surface area contributed by atoms with Gasteiger partial charge in [-0.05, 0) is 42.3 Å². The van der Waals surface area contributed by atoms with Gasteiger partial charge in [-0.2, -0.15) is 0 Å². The van der Waals surface area contributed by atoms with Crippen molar-refractivity contribution in [3.63, 3.8) is 0 Å². The van der Waals surface area contributed by atoms with Crippen molar-refractivity contribution in [2.24, 2.45) is 0 Å². The maximum absolute atomic E-state index is 12.8. The Labute approximate surface area is 132 Å². The van der Waals surface area contributed by atoms with Gasteiger partial charge in [-0.1, -0.05) is 37.3 Å². The minimum atomic E-state index is 0.140. The number of hydrogen-bond acceptors (Lipinski definition) is 2. The normalized spacial score (nSPS) is 16.8. The lowest BCUT2D eigenvalue weighted by molar-refractivity contribution is 0.0647. The van der Waals surface area contributed by atoms with Crippen molar-refractivity contribution in [3.05, 3.63) is 48.0 Å². The van der Waals surface area contributed by atoms with Gasteiger partial charge in [-0.3, -0.25) is 4.79 Å². The Hall–Kier alpha value is -1.87. The van der Waals surface area contributed by atoms with E-state index in [-0.39, 0.29) is 5.91 Å². The van der Waals surface area contributed by atoms with Crippen LogP contribution in [0.4, 0.5) is 0 Å².